The van der Waals surface area contributed by atoms with Crippen LogP contribution in [0, 0.1) is 0 Å². The molecule has 2 rings (SSSR count). The Morgan fingerprint density at radius 2 is 2.10 bits per heavy atom. The number of carbonyl (C=O) groups excluding carboxylic acids is 1. The van der Waals surface area contributed by atoms with E-state index in [9.17, 15) is 9.59 Å². The summed E-state index contributed by atoms with van der Waals surface area (Å²) < 4.78 is 10.3. The Labute approximate surface area is 123 Å². The summed E-state index contributed by atoms with van der Waals surface area (Å²) in [6, 6.07) is 6.89. The van der Waals surface area contributed by atoms with Crippen molar-refractivity contribution in [2.45, 2.75) is 18.9 Å². The van der Waals surface area contributed by atoms with Gasteiger partial charge in [-0.3, -0.25) is 9.59 Å². The van der Waals surface area contributed by atoms with Gasteiger partial charge in [-0.25, -0.2) is 0 Å². The normalized spacial score (nSPS) is 18.3. The molecule has 1 unspecified atom stereocenters. The molecule has 1 heterocycles. The number of hydrogen-bond donors (Lipinski definition) is 1. The number of carboxylic acids is 1. The Balaban J connectivity index is 2.00. The number of carbonyl (C=O) groups is 2. The zero-order valence-corrected chi connectivity index (χ0v) is 11.9. The largest absolute Gasteiger partial charge is 0.497 e. The molecule has 1 saturated heterocycles. The Morgan fingerprint density at radius 1 is 1.38 bits per heavy atom. The maximum atomic E-state index is 12.4. The van der Waals surface area contributed by atoms with Crippen LogP contribution in [0.1, 0.15) is 12.0 Å². The molecule has 1 aliphatic rings. The SMILES string of the molecule is COc1ccc(CC(=O)N2CCOCC2CC(=O)O)cc1. The molecule has 0 aliphatic carbocycles. The van der Waals surface area contributed by atoms with Crippen LogP contribution in [0.3, 0.4) is 0 Å². The molecule has 6 heteroatoms. The van der Waals surface area contributed by atoms with Crippen LogP contribution < -0.4 is 4.74 Å². The van der Waals surface area contributed by atoms with Gasteiger partial charge in [-0.15, -0.1) is 0 Å². The summed E-state index contributed by atoms with van der Waals surface area (Å²) in [6.45, 7) is 1.16. The number of rotatable bonds is 5. The average Bonchev–Trinajstić information content (AvgIpc) is 2.48. The van der Waals surface area contributed by atoms with Gasteiger partial charge in [0.2, 0.25) is 5.91 Å². The van der Waals surface area contributed by atoms with E-state index in [-0.39, 0.29) is 31.4 Å². The van der Waals surface area contributed by atoms with Crippen molar-refractivity contribution in [3.63, 3.8) is 0 Å². The summed E-state index contributed by atoms with van der Waals surface area (Å²) >= 11 is 0. The molecule has 21 heavy (non-hydrogen) atoms. The minimum absolute atomic E-state index is 0.0743. The van der Waals surface area contributed by atoms with Crippen molar-refractivity contribution in [3.05, 3.63) is 29.8 Å². The van der Waals surface area contributed by atoms with Gasteiger partial charge in [0.1, 0.15) is 5.75 Å². The molecule has 6 nitrogen and oxygen atoms in total. The number of amides is 1. The van der Waals surface area contributed by atoms with E-state index in [4.69, 9.17) is 14.6 Å². The highest BCUT2D eigenvalue weighted by atomic mass is 16.5. The van der Waals surface area contributed by atoms with Gasteiger partial charge in [-0.2, -0.15) is 0 Å². The molecule has 1 aromatic rings. The number of hydrogen-bond acceptors (Lipinski definition) is 4. The fourth-order valence-corrected chi connectivity index (χ4v) is 2.37. The molecule has 0 saturated carbocycles. The number of ether oxygens (including phenoxy) is 2. The second kappa shape index (κ2) is 7.08. The van der Waals surface area contributed by atoms with E-state index in [1.165, 1.54) is 0 Å². The third-order valence-electron chi connectivity index (χ3n) is 3.47. The van der Waals surface area contributed by atoms with E-state index in [1.54, 1.807) is 24.1 Å². The minimum atomic E-state index is -0.923. The molecule has 0 radical (unpaired) electrons. The number of benzene rings is 1. The van der Waals surface area contributed by atoms with Gasteiger partial charge in [0, 0.05) is 6.54 Å². The van der Waals surface area contributed by atoms with Crippen LogP contribution in [0.25, 0.3) is 0 Å². The summed E-state index contributed by atoms with van der Waals surface area (Å²) in [5.74, 6) is -0.260. The van der Waals surface area contributed by atoms with Crippen LogP contribution in [0.15, 0.2) is 24.3 Å². The molecule has 1 atom stereocenters. The first kappa shape index (κ1) is 15.3. The summed E-state index contributed by atoms with van der Waals surface area (Å²) in [5.41, 5.74) is 0.876. The first-order chi connectivity index (χ1) is 10.1. The van der Waals surface area contributed by atoms with Gasteiger partial charge >= 0.3 is 5.97 Å². The number of nitrogens with zero attached hydrogens (tertiary/aromatic N) is 1. The maximum Gasteiger partial charge on any atom is 0.305 e. The highest BCUT2D eigenvalue weighted by Crippen LogP contribution is 2.15. The molecule has 1 amide bonds. The number of carboxylic acid groups (broad SMARTS) is 1. The van der Waals surface area contributed by atoms with Crippen LogP contribution in [-0.2, 0) is 20.7 Å². The molecular formula is C15H19NO5. The van der Waals surface area contributed by atoms with Crippen LogP contribution in [0.4, 0.5) is 0 Å². The van der Waals surface area contributed by atoms with Crippen molar-refractivity contribution in [2.24, 2.45) is 0 Å². The minimum Gasteiger partial charge on any atom is -0.497 e. The van der Waals surface area contributed by atoms with Crippen molar-refractivity contribution < 1.29 is 24.2 Å². The smallest absolute Gasteiger partial charge is 0.305 e. The Kier molecular flexibility index (Phi) is 5.16. The van der Waals surface area contributed by atoms with E-state index in [1.807, 2.05) is 12.1 Å². The van der Waals surface area contributed by atoms with Crippen LogP contribution in [0.5, 0.6) is 5.75 Å². The average molecular weight is 293 g/mol. The lowest BCUT2D eigenvalue weighted by Gasteiger charge is -2.35. The van der Waals surface area contributed by atoms with E-state index in [0.717, 1.165) is 11.3 Å². The molecule has 0 aromatic heterocycles. The third-order valence-corrected chi connectivity index (χ3v) is 3.47. The molecule has 1 aliphatic heterocycles. The van der Waals surface area contributed by atoms with Crippen molar-refractivity contribution >= 4 is 11.9 Å². The first-order valence-corrected chi connectivity index (χ1v) is 6.82. The number of morpholine rings is 1. The van der Waals surface area contributed by atoms with E-state index in [0.29, 0.717) is 13.2 Å². The highest BCUT2D eigenvalue weighted by Gasteiger charge is 2.28. The van der Waals surface area contributed by atoms with Crippen LogP contribution >= 0.6 is 0 Å². The second-order valence-electron chi connectivity index (χ2n) is 4.94. The Bertz CT molecular complexity index is 499. The molecule has 114 valence electrons. The summed E-state index contributed by atoms with van der Waals surface area (Å²) in [5, 5.41) is 8.91. The van der Waals surface area contributed by atoms with Gasteiger partial charge in [0.15, 0.2) is 0 Å². The van der Waals surface area contributed by atoms with Gasteiger partial charge in [-0.1, -0.05) is 12.1 Å². The zero-order chi connectivity index (χ0) is 15.2. The van der Waals surface area contributed by atoms with Crippen LogP contribution in [0.2, 0.25) is 0 Å². The monoisotopic (exact) mass is 293 g/mol. The fourth-order valence-electron chi connectivity index (χ4n) is 2.37. The summed E-state index contributed by atoms with van der Waals surface area (Å²) in [7, 11) is 1.59. The molecule has 1 aromatic carbocycles. The first-order valence-electron chi connectivity index (χ1n) is 6.82. The molecule has 0 bridgehead atoms. The second-order valence-corrected chi connectivity index (χ2v) is 4.94. The number of aliphatic carboxylic acids is 1. The molecular weight excluding hydrogens is 274 g/mol. The predicted molar refractivity (Wildman–Crippen MR) is 75.3 cm³/mol. The van der Waals surface area contributed by atoms with E-state index in [2.05, 4.69) is 0 Å². The number of methoxy groups -OCH3 is 1. The van der Waals surface area contributed by atoms with Crippen LogP contribution in [-0.4, -0.2) is 54.8 Å². The Hall–Kier alpha value is -2.08. The lowest BCUT2D eigenvalue weighted by atomic mass is 10.1. The molecule has 0 spiro atoms. The van der Waals surface area contributed by atoms with Gasteiger partial charge in [0.05, 0.1) is 39.2 Å². The predicted octanol–water partition coefficient (Wildman–Crippen LogP) is 0.940. The zero-order valence-electron chi connectivity index (χ0n) is 11.9. The molecule has 1 N–H and O–H groups in total. The highest BCUT2D eigenvalue weighted by molar-refractivity contribution is 5.80. The van der Waals surface area contributed by atoms with Gasteiger partial charge in [-0.05, 0) is 17.7 Å². The van der Waals surface area contributed by atoms with Gasteiger partial charge < -0.3 is 19.5 Å². The van der Waals surface area contributed by atoms with E-state index < -0.39 is 5.97 Å². The van der Waals surface area contributed by atoms with Gasteiger partial charge in [0.25, 0.3) is 0 Å². The fraction of sp³-hybridized carbons (Fsp3) is 0.467. The topological polar surface area (TPSA) is 76.1 Å². The summed E-state index contributed by atoms with van der Waals surface area (Å²) in [6.07, 6.45) is 0.161. The standard InChI is InChI=1S/C15H19NO5/c1-20-13-4-2-11(3-5-13)8-14(17)16-6-7-21-10-12(16)9-15(18)19/h2-5,12H,6-10H2,1H3,(H,18,19). The maximum absolute atomic E-state index is 12.4. The lowest BCUT2D eigenvalue weighted by Crippen LogP contribution is -2.50. The third kappa shape index (κ3) is 4.19. The van der Waals surface area contributed by atoms with Crippen molar-refractivity contribution in [1.82, 2.24) is 4.90 Å². The van der Waals surface area contributed by atoms with Crippen molar-refractivity contribution in [3.8, 4) is 5.75 Å². The Morgan fingerprint density at radius 3 is 2.71 bits per heavy atom. The van der Waals surface area contributed by atoms with Crippen molar-refractivity contribution in [2.75, 3.05) is 26.9 Å². The lowest BCUT2D eigenvalue weighted by molar-refractivity contribution is -0.145. The van der Waals surface area contributed by atoms with Crippen molar-refractivity contribution in [1.29, 1.82) is 0 Å². The molecule has 1 fully saturated rings. The quantitative estimate of drug-likeness (QED) is 0.874. The summed E-state index contributed by atoms with van der Waals surface area (Å²) in [4.78, 5) is 24.8. The van der Waals surface area contributed by atoms with E-state index >= 15 is 0 Å².